The summed E-state index contributed by atoms with van der Waals surface area (Å²) >= 11 is 1.44. The lowest BCUT2D eigenvalue weighted by Gasteiger charge is -2.02. The number of hydrogen-bond acceptors (Lipinski definition) is 4. The second-order valence-electron chi connectivity index (χ2n) is 5.08. The molecule has 2 aromatic carbocycles. The molecular weight excluding hydrogens is 398 g/mol. The summed E-state index contributed by atoms with van der Waals surface area (Å²) in [5.74, 6) is -7.28. The van der Waals surface area contributed by atoms with Crippen molar-refractivity contribution in [2.45, 2.75) is 0 Å². The van der Waals surface area contributed by atoms with Gasteiger partial charge in [0.25, 0.3) is 0 Å². The van der Waals surface area contributed by atoms with E-state index in [1.807, 2.05) is 0 Å². The highest BCUT2D eigenvalue weighted by molar-refractivity contribution is 7.29. The summed E-state index contributed by atoms with van der Waals surface area (Å²) in [4.78, 5) is 8.19. The number of nitrogens with zero attached hydrogens (tertiary/aromatic N) is 2. The molecule has 4 rings (SSSR count). The van der Waals surface area contributed by atoms with Gasteiger partial charge in [-0.25, -0.2) is 36.3 Å². The van der Waals surface area contributed by atoms with Crippen molar-refractivity contribution < 1.29 is 26.3 Å². The first-order valence-electron chi connectivity index (χ1n) is 6.92. The first kappa shape index (κ1) is 17.0. The van der Waals surface area contributed by atoms with Gasteiger partial charge in [-0.05, 0) is 24.3 Å². The van der Waals surface area contributed by atoms with Crippen LogP contribution in [0.3, 0.4) is 0 Å². The van der Waals surface area contributed by atoms with E-state index in [1.54, 1.807) is 0 Å². The van der Waals surface area contributed by atoms with Gasteiger partial charge in [0, 0.05) is 0 Å². The van der Waals surface area contributed by atoms with Crippen molar-refractivity contribution in [3.63, 3.8) is 0 Å². The normalized spacial score (nSPS) is 11.5. The zero-order valence-corrected chi connectivity index (χ0v) is 13.9. The molecule has 0 aliphatic carbocycles. The number of hydrogen-bond donors (Lipinski definition) is 0. The molecule has 0 N–H and O–H groups in total. The van der Waals surface area contributed by atoms with E-state index in [-0.39, 0.29) is 19.7 Å². The molecule has 0 unspecified atom stereocenters. The van der Waals surface area contributed by atoms with E-state index in [2.05, 4.69) is 9.97 Å². The topological polar surface area (TPSA) is 25.8 Å². The summed E-state index contributed by atoms with van der Waals surface area (Å²) in [6.45, 7) is 0. The van der Waals surface area contributed by atoms with Gasteiger partial charge in [0.05, 0.1) is 11.1 Å². The number of aromatic nitrogens is 2. The van der Waals surface area contributed by atoms with Gasteiger partial charge >= 0.3 is 0 Å². The second kappa shape index (κ2) is 6.06. The molecule has 4 aromatic rings. The Hall–Kier alpha value is -2.46. The molecule has 2 heterocycles. The molecule has 0 amide bonds. The Morgan fingerprint density at radius 2 is 0.885 bits per heavy atom. The number of halogens is 6. The highest BCUT2D eigenvalue weighted by Crippen LogP contribution is 2.39. The predicted molar refractivity (Wildman–Crippen MR) is 85.9 cm³/mol. The SMILES string of the molecule is Fc1ccc(F)c(-c2nc3sc(-c4c(F)ccc(F)c4F)nc3s2)c1F. The monoisotopic (exact) mass is 402 g/mol. The van der Waals surface area contributed by atoms with Crippen molar-refractivity contribution >= 4 is 32.3 Å². The molecule has 0 radical (unpaired) electrons. The highest BCUT2D eigenvalue weighted by Gasteiger charge is 2.23. The molecule has 0 saturated heterocycles. The summed E-state index contributed by atoms with van der Waals surface area (Å²) in [5.41, 5.74) is -1.30. The van der Waals surface area contributed by atoms with Crippen molar-refractivity contribution in [3.8, 4) is 21.1 Å². The number of thiazole rings is 2. The fourth-order valence-corrected chi connectivity index (χ4v) is 4.43. The fourth-order valence-electron chi connectivity index (χ4n) is 2.30. The van der Waals surface area contributed by atoms with Crippen LogP contribution in [0.4, 0.5) is 26.3 Å². The van der Waals surface area contributed by atoms with Crippen molar-refractivity contribution in [2.24, 2.45) is 0 Å². The molecule has 26 heavy (non-hydrogen) atoms. The Morgan fingerprint density at radius 3 is 1.27 bits per heavy atom. The average Bonchev–Trinajstić information content (AvgIpc) is 3.14. The zero-order valence-electron chi connectivity index (χ0n) is 12.3. The average molecular weight is 402 g/mol. The minimum absolute atomic E-state index is 0.131. The van der Waals surface area contributed by atoms with Crippen molar-refractivity contribution in [2.75, 3.05) is 0 Å². The maximum atomic E-state index is 13.9. The lowest BCUT2D eigenvalue weighted by molar-refractivity contribution is 0.499. The Kier molecular flexibility index (Phi) is 3.96. The van der Waals surface area contributed by atoms with Crippen LogP contribution in [0.2, 0.25) is 0 Å². The summed E-state index contributed by atoms with van der Waals surface area (Å²) < 4.78 is 82.1. The van der Waals surface area contributed by atoms with Crippen LogP contribution < -0.4 is 0 Å². The lowest BCUT2D eigenvalue weighted by atomic mass is 10.2. The van der Waals surface area contributed by atoms with Crippen molar-refractivity contribution in [1.82, 2.24) is 9.97 Å². The molecule has 0 saturated carbocycles. The molecule has 0 bridgehead atoms. The third-order valence-corrected chi connectivity index (χ3v) is 5.55. The molecule has 0 aliphatic rings. The Balaban J connectivity index is 1.86. The van der Waals surface area contributed by atoms with E-state index in [4.69, 9.17) is 0 Å². The fraction of sp³-hybridized carbons (Fsp3) is 0. The highest BCUT2D eigenvalue weighted by atomic mass is 32.1. The standard InChI is InChI=1S/C16H4F6N2S2/c17-5-1-3-7(19)11(21)9(5)13-23-15-16(25-13)24-14(26-15)10-6(18)2-4-8(20)12(10)22/h1-4H. The van der Waals surface area contributed by atoms with E-state index < -0.39 is 46.0 Å². The molecular formula is C16H4F6N2S2. The summed E-state index contributed by atoms with van der Waals surface area (Å²) in [7, 11) is 0. The van der Waals surface area contributed by atoms with E-state index in [1.165, 1.54) is 0 Å². The van der Waals surface area contributed by atoms with Crippen LogP contribution in [0.1, 0.15) is 0 Å². The van der Waals surface area contributed by atoms with Crippen LogP contribution in [0.5, 0.6) is 0 Å². The third kappa shape index (κ3) is 2.56. The molecule has 0 aliphatic heterocycles. The smallest absolute Gasteiger partial charge is 0.172 e. The lowest BCUT2D eigenvalue weighted by Crippen LogP contribution is -1.94. The Morgan fingerprint density at radius 1 is 0.538 bits per heavy atom. The van der Waals surface area contributed by atoms with Gasteiger partial charge in [-0.3, -0.25) is 0 Å². The van der Waals surface area contributed by atoms with Crippen molar-refractivity contribution in [1.29, 1.82) is 0 Å². The van der Waals surface area contributed by atoms with Crippen LogP contribution in [-0.4, -0.2) is 9.97 Å². The van der Waals surface area contributed by atoms with Gasteiger partial charge in [-0.2, -0.15) is 0 Å². The molecule has 0 atom stereocenters. The molecule has 2 nitrogen and oxygen atoms in total. The maximum absolute atomic E-state index is 13.9. The van der Waals surface area contributed by atoms with Crippen LogP contribution in [0, 0.1) is 34.9 Å². The summed E-state index contributed by atoms with van der Waals surface area (Å²) in [6, 6.07) is 2.82. The molecule has 132 valence electrons. The zero-order chi connectivity index (χ0) is 18.6. The maximum Gasteiger partial charge on any atom is 0.172 e. The van der Waals surface area contributed by atoms with Gasteiger partial charge in [-0.1, -0.05) is 22.7 Å². The Labute approximate surface area is 149 Å². The van der Waals surface area contributed by atoms with Crippen molar-refractivity contribution in [3.05, 3.63) is 59.2 Å². The summed E-state index contributed by atoms with van der Waals surface area (Å²) in [6.07, 6.45) is 0. The van der Waals surface area contributed by atoms with Gasteiger partial charge in [0.2, 0.25) is 0 Å². The van der Waals surface area contributed by atoms with Gasteiger partial charge < -0.3 is 0 Å². The molecule has 0 spiro atoms. The van der Waals surface area contributed by atoms with E-state index in [0.717, 1.165) is 34.8 Å². The van der Waals surface area contributed by atoms with E-state index >= 15 is 0 Å². The van der Waals surface area contributed by atoms with Gasteiger partial charge in [0.15, 0.2) is 32.9 Å². The van der Waals surface area contributed by atoms with Crippen LogP contribution in [-0.2, 0) is 0 Å². The van der Waals surface area contributed by atoms with E-state index in [0.29, 0.717) is 12.1 Å². The molecule has 10 heteroatoms. The summed E-state index contributed by atoms with van der Waals surface area (Å²) in [5, 5.41) is -0.333. The Bertz CT molecular complexity index is 1050. The van der Waals surface area contributed by atoms with Crippen LogP contribution in [0.15, 0.2) is 24.3 Å². The minimum Gasteiger partial charge on any atom is -0.223 e. The van der Waals surface area contributed by atoms with Gasteiger partial charge in [0.1, 0.15) is 21.6 Å². The number of fused-ring (bicyclic) bond motifs is 1. The first-order chi connectivity index (χ1) is 12.4. The third-order valence-electron chi connectivity index (χ3n) is 3.49. The van der Waals surface area contributed by atoms with Gasteiger partial charge in [-0.15, -0.1) is 0 Å². The quantitative estimate of drug-likeness (QED) is 0.307. The van der Waals surface area contributed by atoms with Crippen LogP contribution >= 0.6 is 22.7 Å². The van der Waals surface area contributed by atoms with E-state index in [9.17, 15) is 26.3 Å². The first-order valence-corrected chi connectivity index (χ1v) is 8.55. The molecule has 0 fully saturated rings. The number of benzene rings is 2. The number of rotatable bonds is 2. The molecule has 2 aromatic heterocycles. The largest absolute Gasteiger partial charge is 0.223 e. The minimum atomic E-state index is -1.39. The van der Waals surface area contributed by atoms with Crippen LogP contribution in [0.25, 0.3) is 30.8 Å². The predicted octanol–water partition coefficient (Wildman–Crippen LogP) is 5.92. The second-order valence-corrected chi connectivity index (χ2v) is 7.04.